The molecular formula is C27H24N2O. The van der Waals surface area contributed by atoms with Gasteiger partial charge in [0.25, 0.3) is 0 Å². The molecule has 148 valence electrons. The van der Waals surface area contributed by atoms with Gasteiger partial charge in [-0.2, -0.15) is 0 Å². The first-order valence-electron chi connectivity index (χ1n) is 10.4. The molecule has 0 fully saturated rings. The summed E-state index contributed by atoms with van der Waals surface area (Å²) in [5, 5.41) is 2.11. The van der Waals surface area contributed by atoms with Crippen LogP contribution < -0.4 is 0 Å². The predicted molar refractivity (Wildman–Crippen MR) is 123 cm³/mol. The van der Waals surface area contributed by atoms with Crippen molar-refractivity contribution in [2.45, 2.75) is 27.2 Å². The number of aryl methyl sites for hydroxylation is 1. The van der Waals surface area contributed by atoms with Crippen molar-refractivity contribution in [3.8, 4) is 22.4 Å². The highest BCUT2D eigenvalue weighted by atomic mass is 16.3. The minimum atomic E-state index is 0.663. The number of furan rings is 1. The van der Waals surface area contributed by atoms with E-state index in [1.807, 2.05) is 18.3 Å². The van der Waals surface area contributed by atoms with Gasteiger partial charge >= 0.3 is 0 Å². The number of hydrogen-bond donors (Lipinski definition) is 0. The van der Waals surface area contributed by atoms with Crippen LogP contribution in [0.25, 0.3) is 44.5 Å². The highest BCUT2D eigenvalue weighted by Crippen LogP contribution is 2.36. The summed E-state index contributed by atoms with van der Waals surface area (Å²) in [4.78, 5) is 9.17. The Balaban J connectivity index is 1.54. The van der Waals surface area contributed by atoms with E-state index in [0.717, 1.165) is 45.2 Å². The van der Waals surface area contributed by atoms with E-state index in [1.54, 1.807) is 6.20 Å². The Morgan fingerprint density at radius 1 is 0.833 bits per heavy atom. The lowest BCUT2D eigenvalue weighted by Gasteiger charge is -2.09. The summed E-state index contributed by atoms with van der Waals surface area (Å²) in [6.07, 6.45) is 4.82. The van der Waals surface area contributed by atoms with Crippen LogP contribution >= 0.6 is 0 Å². The number of rotatable bonds is 4. The van der Waals surface area contributed by atoms with Gasteiger partial charge < -0.3 is 4.42 Å². The van der Waals surface area contributed by atoms with Gasteiger partial charge in [0, 0.05) is 34.3 Å². The maximum absolute atomic E-state index is 6.13. The van der Waals surface area contributed by atoms with Crippen LogP contribution in [-0.2, 0) is 6.42 Å². The second-order valence-electron chi connectivity index (χ2n) is 8.32. The van der Waals surface area contributed by atoms with E-state index in [0.29, 0.717) is 11.6 Å². The molecule has 0 aliphatic rings. The molecule has 3 heterocycles. The summed E-state index contributed by atoms with van der Waals surface area (Å²) in [6, 6.07) is 21.3. The van der Waals surface area contributed by atoms with Crippen LogP contribution in [0.4, 0.5) is 0 Å². The third-order valence-corrected chi connectivity index (χ3v) is 5.58. The zero-order valence-electron chi connectivity index (χ0n) is 17.5. The third-order valence-electron chi connectivity index (χ3n) is 5.58. The molecule has 3 aromatic heterocycles. The zero-order chi connectivity index (χ0) is 20.7. The Morgan fingerprint density at radius 2 is 1.63 bits per heavy atom. The normalized spacial score (nSPS) is 11.6. The Bertz CT molecular complexity index is 1330. The van der Waals surface area contributed by atoms with Crippen molar-refractivity contribution in [2.75, 3.05) is 0 Å². The Kier molecular flexibility index (Phi) is 4.59. The highest BCUT2D eigenvalue weighted by molar-refractivity contribution is 6.08. The summed E-state index contributed by atoms with van der Waals surface area (Å²) < 4.78 is 6.13. The van der Waals surface area contributed by atoms with Gasteiger partial charge in [-0.3, -0.25) is 4.98 Å². The molecule has 0 unspecified atom stereocenters. The second-order valence-corrected chi connectivity index (χ2v) is 8.32. The van der Waals surface area contributed by atoms with Crippen LogP contribution in [0.1, 0.15) is 25.0 Å². The third kappa shape index (κ3) is 3.26. The van der Waals surface area contributed by atoms with Crippen molar-refractivity contribution in [1.82, 2.24) is 9.97 Å². The molecule has 0 radical (unpaired) electrons. The topological polar surface area (TPSA) is 38.9 Å². The molecule has 2 aromatic carbocycles. The smallest absolute Gasteiger partial charge is 0.227 e. The molecule has 30 heavy (non-hydrogen) atoms. The maximum atomic E-state index is 6.13. The predicted octanol–water partition coefficient (Wildman–Crippen LogP) is 7.22. The van der Waals surface area contributed by atoms with E-state index in [-0.39, 0.29) is 0 Å². The van der Waals surface area contributed by atoms with Gasteiger partial charge in [-0.1, -0.05) is 56.3 Å². The van der Waals surface area contributed by atoms with E-state index in [9.17, 15) is 0 Å². The van der Waals surface area contributed by atoms with Crippen molar-refractivity contribution < 1.29 is 4.42 Å². The molecule has 0 saturated heterocycles. The van der Waals surface area contributed by atoms with Crippen molar-refractivity contribution in [3.05, 3.63) is 84.2 Å². The fourth-order valence-corrected chi connectivity index (χ4v) is 4.11. The van der Waals surface area contributed by atoms with Crippen molar-refractivity contribution in [2.24, 2.45) is 5.92 Å². The molecule has 0 bridgehead atoms. The number of fused-ring (bicyclic) bond motifs is 3. The molecule has 5 aromatic rings. The molecule has 0 aliphatic carbocycles. The van der Waals surface area contributed by atoms with Gasteiger partial charge in [0.1, 0.15) is 5.58 Å². The summed E-state index contributed by atoms with van der Waals surface area (Å²) in [7, 11) is 0. The number of nitrogens with zero attached hydrogens (tertiary/aromatic N) is 2. The monoisotopic (exact) mass is 392 g/mol. The largest absolute Gasteiger partial charge is 0.437 e. The van der Waals surface area contributed by atoms with Gasteiger partial charge in [0.05, 0.1) is 5.69 Å². The van der Waals surface area contributed by atoms with Gasteiger partial charge in [-0.05, 0) is 54.2 Å². The minimum absolute atomic E-state index is 0.663. The minimum Gasteiger partial charge on any atom is -0.437 e. The summed E-state index contributed by atoms with van der Waals surface area (Å²) >= 11 is 0. The SMILES string of the molecule is Cc1ccc2c(oc3ncccc32)c1-c1ccc(-c2ccc(CC(C)C)cc2)cn1. The van der Waals surface area contributed by atoms with Crippen LogP contribution in [0, 0.1) is 12.8 Å². The fraction of sp³-hybridized carbons (Fsp3) is 0.185. The quantitative estimate of drug-likeness (QED) is 0.324. The lowest BCUT2D eigenvalue weighted by molar-refractivity contribution is 0.647. The van der Waals surface area contributed by atoms with Gasteiger partial charge in [0.15, 0.2) is 0 Å². The number of benzene rings is 2. The molecule has 3 nitrogen and oxygen atoms in total. The molecule has 0 N–H and O–H groups in total. The fourth-order valence-electron chi connectivity index (χ4n) is 4.11. The van der Waals surface area contributed by atoms with Crippen LogP contribution in [0.5, 0.6) is 0 Å². The van der Waals surface area contributed by atoms with E-state index in [1.165, 1.54) is 11.1 Å². The van der Waals surface area contributed by atoms with E-state index >= 15 is 0 Å². The molecule has 5 rings (SSSR count). The molecule has 0 aliphatic heterocycles. The second kappa shape index (κ2) is 7.42. The summed E-state index contributed by atoms with van der Waals surface area (Å²) in [5.41, 5.74) is 8.27. The molecule has 3 heteroatoms. The molecule has 0 saturated carbocycles. The first-order chi connectivity index (χ1) is 14.6. The van der Waals surface area contributed by atoms with Gasteiger partial charge in [-0.15, -0.1) is 0 Å². The Labute approximate surface area is 176 Å². The van der Waals surface area contributed by atoms with E-state index in [4.69, 9.17) is 9.40 Å². The Hall–Kier alpha value is -3.46. The molecule has 0 atom stereocenters. The van der Waals surface area contributed by atoms with E-state index < -0.39 is 0 Å². The number of pyridine rings is 2. The lowest BCUT2D eigenvalue weighted by Crippen LogP contribution is -1.93. The van der Waals surface area contributed by atoms with Gasteiger partial charge in [0.2, 0.25) is 5.71 Å². The molecular weight excluding hydrogens is 368 g/mol. The van der Waals surface area contributed by atoms with E-state index in [2.05, 4.69) is 74.3 Å². The standard InChI is InChI=1S/C27H24N2O/c1-17(2)15-19-7-9-20(10-8-19)21-11-13-24(29-16-21)25-18(3)6-12-22-23-5-4-14-28-27(23)30-26(22)25/h4-14,16-17H,15H2,1-3H3. The van der Waals surface area contributed by atoms with Crippen molar-refractivity contribution >= 4 is 22.1 Å². The maximum Gasteiger partial charge on any atom is 0.227 e. The first-order valence-corrected chi connectivity index (χ1v) is 10.4. The number of hydrogen-bond acceptors (Lipinski definition) is 3. The lowest BCUT2D eigenvalue weighted by atomic mass is 9.98. The summed E-state index contributed by atoms with van der Waals surface area (Å²) in [5.74, 6) is 0.663. The van der Waals surface area contributed by atoms with Crippen LogP contribution in [0.15, 0.2) is 77.5 Å². The summed E-state index contributed by atoms with van der Waals surface area (Å²) in [6.45, 7) is 6.59. The number of aromatic nitrogens is 2. The van der Waals surface area contributed by atoms with Crippen LogP contribution in [0.3, 0.4) is 0 Å². The van der Waals surface area contributed by atoms with Crippen LogP contribution in [0.2, 0.25) is 0 Å². The zero-order valence-corrected chi connectivity index (χ0v) is 17.5. The van der Waals surface area contributed by atoms with Crippen LogP contribution in [-0.4, -0.2) is 9.97 Å². The van der Waals surface area contributed by atoms with Crippen molar-refractivity contribution in [1.29, 1.82) is 0 Å². The average molecular weight is 393 g/mol. The molecule has 0 amide bonds. The first kappa shape index (κ1) is 18.6. The van der Waals surface area contributed by atoms with Crippen molar-refractivity contribution in [3.63, 3.8) is 0 Å². The average Bonchev–Trinajstić information content (AvgIpc) is 3.12. The van der Waals surface area contributed by atoms with Gasteiger partial charge in [-0.25, -0.2) is 4.98 Å². The molecule has 0 spiro atoms. The Morgan fingerprint density at radius 3 is 2.37 bits per heavy atom. The highest BCUT2D eigenvalue weighted by Gasteiger charge is 2.16.